The van der Waals surface area contributed by atoms with Crippen LogP contribution in [-0.4, -0.2) is 32.7 Å². The fourth-order valence-electron chi connectivity index (χ4n) is 1.93. The zero-order valence-corrected chi connectivity index (χ0v) is 13.0. The van der Waals surface area contributed by atoms with Crippen molar-refractivity contribution in [3.05, 3.63) is 35.7 Å². The molecule has 22 heavy (non-hydrogen) atoms. The predicted octanol–water partition coefficient (Wildman–Crippen LogP) is 1.80. The molecule has 0 radical (unpaired) electrons. The van der Waals surface area contributed by atoms with Gasteiger partial charge >= 0.3 is 0 Å². The fraction of sp³-hybridized carbons (Fsp3) is 0.467. The lowest BCUT2D eigenvalue weighted by Gasteiger charge is -2.08. The Bertz CT molecular complexity index is 611. The van der Waals surface area contributed by atoms with Gasteiger partial charge in [0.15, 0.2) is 5.82 Å². The van der Waals surface area contributed by atoms with Gasteiger partial charge < -0.3 is 10.1 Å². The summed E-state index contributed by atoms with van der Waals surface area (Å²) < 4.78 is 7.33. The molecule has 0 aliphatic carbocycles. The van der Waals surface area contributed by atoms with Crippen molar-refractivity contribution in [1.29, 1.82) is 0 Å². The Kier molecular flexibility index (Phi) is 5.88. The largest absolute Gasteiger partial charge is 0.486 e. The summed E-state index contributed by atoms with van der Waals surface area (Å²) in [6.07, 6.45) is 2.02. The molecule has 0 unspecified atom stereocenters. The first-order valence-corrected chi connectivity index (χ1v) is 7.50. The normalized spacial score (nSPS) is 10.5. The number of carbonyl (C=O) groups excluding carboxylic acids is 1. The minimum Gasteiger partial charge on any atom is -0.486 e. The summed E-state index contributed by atoms with van der Waals surface area (Å²) in [4.78, 5) is 12.0. The molecule has 7 heteroatoms. The maximum absolute atomic E-state index is 12.0. The van der Waals surface area contributed by atoms with Crippen LogP contribution in [0, 0.1) is 0 Å². The van der Waals surface area contributed by atoms with E-state index in [-0.39, 0.29) is 12.5 Å². The smallest absolute Gasteiger partial charge is 0.251 e. The molecule has 7 nitrogen and oxygen atoms in total. The second-order valence-electron chi connectivity index (χ2n) is 4.84. The van der Waals surface area contributed by atoms with Gasteiger partial charge in [-0.3, -0.25) is 4.79 Å². The second kappa shape index (κ2) is 8.11. The van der Waals surface area contributed by atoms with E-state index in [9.17, 15) is 4.79 Å². The number of nitrogens with zero attached hydrogens (tertiary/aromatic N) is 4. The van der Waals surface area contributed by atoms with Crippen molar-refractivity contribution in [2.45, 2.75) is 39.8 Å². The Morgan fingerprint density at radius 2 is 2.23 bits per heavy atom. The zero-order chi connectivity index (χ0) is 15.8. The molecule has 0 bridgehead atoms. The van der Waals surface area contributed by atoms with Crippen LogP contribution < -0.4 is 10.1 Å². The van der Waals surface area contributed by atoms with Crippen LogP contribution in [0.3, 0.4) is 0 Å². The van der Waals surface area contributed by atoms with Crippen molar-refractivity contribution in [1.82, 2.24) is 25.5 Å². The molecule has 0 atom stereocenters. The Balaban J connectivity index is 1.95. The number of tetrazole rings is 1. The van der Waals surface area contributed by atoms with Gasteiger partial charge in [0.1, 0.15) is 12.4 Å². The predicted molar refractivity (Wildman–Crippen MR) is 81.5 cm³/mol. The molecule has 0 spiro atoms. The SMILES string of the molecule is CCCCNC(=O)c1cccc(OCc2nnnn2CC)c1. The minimum atomic E-state index is -0.0858. The summed E-state index contributed by atoms with van der Waals surface area (Å²) in [5, 5.41) is 14.2. The van der Waals surface area contributed by atoms with E-state index in [2.05, 4.69) is 27.8 Å². The highest BCUT2D eigenvalue weighted by Crippen LogP contribution is 2.14. The van der Waals surface area contributed by atoms with Crippen LogP contribution in [0.15, 0.2) is 24.3 Å². The van der Waals surface area contributed by atoms with Crippen LogP contribution >= 0.6 is 0 Å². The molecule has 2 rings (SSSR count). The quantitative estimate of drug-likeness (QED) is 0.752. The highest BCUT2D eigenvalue weighted by Gasteiger charge is 2.08. The van der Waals surface area contributed by atoms with Crippen molar-refractivity contribution < 1.29 is 9.53 Å². The third-order valence-corrected chi connectivity index (χ3v) is 3.19. The van der Waals surface area contributed by atoms with Crippen LogP contribution in [-0.2, 0) is 13.2 Å². The number of aryl methyl sites for hydroxylation is 1. The molecule has 0 saturated carbocycles. The van der Waals surface area contributed by atoms with E-state index in [0.29, 0.717) is 30.2 Å². The molecule has 1 N–H and O–H groups in total. The van der Waals surface area contributed by atoms with Crippen molar-refractivity contribution >= 4 is 5.91 Å². The van der Waals surface area contributed by atoms with Crippen LogP contribution in [0.2, 0.25) is 0 Å². The van der Waals surface area contributed by atoms with E-state index >= 15 is 0 Å². The summed E-state index contributed by atoms with van der Waals surface area (Å²) in [5.41, 5.74) is 0.587. The number of nitrogens with one attached hydrogen (secondary N) is 1. The van der Waals surface area contributed by atoms with Crippen LogP contribution in [0.5, 0.6) is 5.75 Å². The average molecular weight is 303 g/mol. The molecular formula is C15H21N5O2. The summed E-state index contributed by atoms with van der Waals surface area (Å²) in [6.45, 7) is 5.69. The minimum absolute atomic E-state index is 0.0858. The number of rotatable bonds is 8. The van der Waals surface area contributed by atoms with Gasteiger partial charge in [0.2, 0.25) is 0 Å². The van der Waals surface area contributed by atoms with Crippen molar-refractivity contribution in [3.63, 3.8) is 0 Å². The van der Waals surface area contributed by atoms with Crippen molar-refractivity contribution in [2.75, 3.05) is 6.54 Å². The van der Waals surface area contributed by atoms with Gasteiger partial charge in [0.05, 0.1) is 0 Å². The molecule has 1 amide bonds. The average Bonchev–Trinajstić information content (AvgIpc) is 3.01. The lowest BCUT2D eigenvalue weighted by atomic mass is 10.2. The van der Waals surface area contributed by atoms with Crippen LogP contribution in [0.25, 0.3) is 0 Å². The third kappa shape index (κ3) is 4.28. The van der Waals surface area contributed by atoms with Gasteiger partial charge in [-0.2, -0.15) is 0 Å². The Labute approximate surface area is 129 Å². The standard InChI is InChI=1S/C15H21N5O2/c1-3-5-9-16-15(21)12-7-6-8-13(10-12)22-11-14-17-18-19-20(14)4-2/h6-8,10H,3-5,9,11H2,1-2H3,(H,16,21). The van der Waals surface area contributed by atoms with Crippen molar-refractivity contribution in [2.24, 2.45) is 0 Å². The molecule has 0 aliphatic rings. The molecule has 2 aromatic rings. The van der Waals surface area contributed by atoms with Crippen LogP contribution in [0.1, 0.15) is 42.9 Å². The van der Waals surface area contributed by atoms with Gasteiger partial charge in [-0.1, -0.05) is 19.4 Å². The zero-order valence-electron chi connectivity index (χ0n) is 13.0. The molecule has 0 saturated heterocycles. The topological polar surface area (TPSA) is 81.9 Å². The number of hydrogen-bond donors (Lipinski definition) is 1. The number of unbranched alkanes of at least 4 members (excludes halogenated alkanes) is 1. The number of benzene rings is 1. The first-order valence-electron chi connectivity index (χ1n) is 7.50. The van der Waals surface area contributed by atoms with E-state index in [4.69, 9.17) is 4.74 Å². The molecule has 118 valence electrons. The first kappa shape index (κ1) is 15.9. The number of carbonyl (C=O) groups is 1. The van der Waals surface area contributed by atoms with Gasteiger partial charge in [-0.25, -0.2) is 4.68 Å². The fourth-order valence-corrected chi connectivity index (χ4v) is 1.93. The highest BCUT2D eigenvalue weighted by molar-refractivity contribution is 5.94. The Hall–Kier alpha value is -2.44. The van der Waals surface area contributed by atoms with Gasteiger partial charge in [-0.05, 0) is 42.0 Å². The molecule has 1 aromatic heterocycles. The molecular weight excluding hydrogens is 282 g/mol. The highest BCUT2D eigenvalue weighted by atomic mass is 16.5. The number of ether oxygens (including phenoxy) is 1. The monoisotopic (exact) mass is 303 g/mol. The lowest BCUT2D eigenvalue weighted by Crippen LogP contribution is -2.24. The van der Waals surface area contributed by atoms with E-state index in [1.165, 1.54) is 0 Å². The second-order valence-corrected chi connectivity index (χ2v) is 4.84. The Morgan fingerprint density at radius 1 is 1.36 bits per heavy atom. The first-order chi connectivity index (χ1) is 10.7. The molecule has 0 fully saturated rings. The third-order valence-electron chi connectivity index (χ3n) is 3.19. The summed E-state index contributed by atoms with van der Waals surface area (Å²) in [5.74, 6) is 1.19. The van der Waals surface area contributed by atoms with Gasteiger partial charge in [0.25, 0.3) is 5.91 Å². The van der Waals surface area contributed by atoms with E-state index < -0.39 is 0 Å². The number of aromatic nitrogens is 4. The molecule has 1 heterocycles. The summed E-state index contributed by atoms with van der Waals surface area (Å²) in [7, 11) is 0. The maximum Gasteiger partial charge on any atom is 0.251 e. The van der Waals surface area contributed by atoms with E-state index in [1.807, 2.05) is 13.0 Å². The Morgan fingerprint density at radius 3 is 3.00 bits per heavy atom. The van der Waals surface area contributed by atoms with Gasteiger partial charge in [-0.15, -0.1) is 5.10 Å². The van der Waals surface area contributed by atoms with Gasteiger partial charge in [0, 0.05) is 18.7 Å². The summed E-state index contributed by atoms with van der Waals surface area (Å²) >= 11 is 0. The van der Waals surface area contributed by atoms with E-state index in [1.54, 1.807) is 22.9 Å². The van der Waals surface area contributed by atoms with E-state index in [0.717, 1.165) is 12.8 Å². The van der Waals surface area contributed by atoms with Crippen LogP contribution in [0.4, 0.5) is 0 Å². The molecule has 1 aromatic carbocycles. The maximum atomic E-state index is 12.0. The molecule has 0 aliphatic heterocycles. The lowest BCUT2D eigenvalue weighted by molar-refractivity contribution is 0.0952. The number of hydrogen-bond acceptors (Lipinski definition) is 5. The summed E-state index contributed by atoms with van der Waals surface area (Å²) in [6, 6.07) is 7.10. The number of amides is 1. The van der Waals surface area contributed by atoms with Crippen molar-refractivity contribution in [3.8, 4) is 5.75 Å².